The lowest BCUT2D eigenvalue weighted by molar-refractivity contribution is -0.137. The maximum atomic E-state index is 12.6. The first-order valence-electron chi connectivity index (χ1n) is 11.5. The van der Waals surface area contributed by atoms with Gasteiger partial charge >= 0.3 is 18.2 Å². The fraction of sp³-hybridized carbons (Fsp3) is 0.583. The highest BCUT2D eigenvalue weighted by Crippen LogP contribution is 2.08. The lowest BCUT2D eigenvalue weighted by atomic mass is 10.1. The van der Waals surface area contributed by atoms with Crippen LogP contribution in [-0.4, -0.2) is 67.4 Å². The maximum Gasteiger partial charge on any atom is 0.408 e. The van der Waals surface area contributed by atoms with Crippen molar-refractivity contribution in [2.24, 2.45) is 0 Å². The minimum absolute atomic E-state index is 0.163. The van der Waals surface area contributed by atoms with Crippen LogP contribution in [0.2, 0.25) is 0 Å². The van der Waals surface area contributed by atoms with Gasteiger partial charge in [-0.25, -0.2) is 9.59 Å². The summed E-state index contributed by atoms with van der Waals surface area (Å²) in [5, 5.41) is 8.03. The summed E-state index contributed by atoms with van der Waals surface area (Å²) in [6, 6.07) is 8.50. The minimum Gasteiger partial charge on any atom is -0.468 e. The normalized spacial score (nSPS) is 11.7. The van der Waals surface area contributed by atoms with Gasteiger partial charge in [0.25, 0.3) is 0 Å². The van der Waals surface area contributed by atoms with E-state index in [2.05, 4.69) is 20.7 Å². The molecule has 3 amide bonds. The maximum absolute atomic E-state index is 12.6. The zero-order valence-electron chi connectivity index (χ0n) is 20.9. The zero-order valence-corrected chi connectivity index (χ0v) is 21.7. The van der Waals surface area contributed by atoms with Crippen molar-refractivity contribution in [2.45, 2.75) is 58.3 Å². The molecule has 0 heterocycles. The number of rotatable bonds is 14. The molecule has 0 aliphatic carbocycles. The van der Waals surface area contributed by atoms with E-state index < -0.39 is 23.8 Å². The Bertz CT molecular complexity index is 800. The summed E-state index contributed by atoms with van der Waals surface area (Å²) in [5.74, 6) is 0.293. The first-order valence-corrected chi connectivity index (χ1v) is 12.6. The van der Waals surface area contributed by atoms with Crippen molar-refractivity contribution in [3.05, 3.63) is 35.9 Å². The van der Waals surface area contributed by atoms with Gasteiger partial charge in [-0.1, -0.05) is 30.3 Å². The van der Waals surface area contributed by atoms with Gasteiger partial charge in [-0.2, -0.15) is 11.8 Å². The van der Waals surface area contributed by atoms with Crippen molar-refractivity contribution in [1.82, 2.24) is 16.0 Å². The number of hydrogen-bond donors (Lipinski definition) is 3. The Morgan fingerprint density at radius 1 is 0.971 bits per heavy atom. The Morgan fingerprint density at radius 2 is 1.66 bits per heavy atom. The summed E-state index contributed by atoms with van der Waals surface area (Å²) in [6.07, 6.45) is 0.132. The van der Waals surface area contributed by atoms with Crippen molar-refractivity contribution in [1.29, 1.82) is 0 Å². The monoisotopic (exact) mass is 511 g/mol. The van der Waals surface area contributed by atoms with E-state index in [4.69, 9.17) is 9.47 Å². The van der Waals surface area contributed by atoms with Crippen LogP contribution in [0.1, 0.15) is 45.6 Å². The Balaban J connectivity index is 2.42. The summed E-state index contributed by atoms with van der Waals surface area (Å²) in [4.78, 5) is 47.8. The third-order valence-electron chi connectivity index (χ3n) is 4.37. The van der Waals surface area contributed by atoms with Gasteiger partial charge in [0.05, 0.1) is 12.9 Å². The summed E-state index contributed by atoms with van der Waals surface area (Å²) in [7, 11) is 1.34. The average molecular weight is 512 g/mol. The first-order chi connectivity index (χ1) is 16.6. The van der Waals surface area contributed by atoms with Crippen LogP contribution in [0.15, 0.2) is 30.3 Å². The quantitative estimate of drug-likeness (QED) is 0.197. The van der Waals surface area contributed by atoms with Gasteiger partial charge in [0, 0.05) is 13.1 Å². The molecule has 11 heteroatoms. The van der Waals surface area contributed by atoms with E-state index in [0.717, 1.165) is 5.56 Å². The summed E-state index contributed by atoms with van der Waals surface area (Å²) < 4.78 is 15.0. The number of nitrogens with one attached hydrogen (secondary N) is 3. The molecular weight excluding hydrogens is 474 g/mol. The second kappa shape index (κ2) is 16.6. The van der Waals surface area contributed by atoms with Crippen molar-refractivity contribution >= 4 is 35.8 Å². The largest absolute Gasteiger partial charge is 0.468 e. The molecule has 0 aliphatic heterocycles. The molecule has 0 aromatic heterocycles. The van der Waals surface area contributed by atoms with Crippen LogP contribution < -0.4 is 16.0 Å². The van der Waals surface area contributed by atoms with E-state index in [9.17, 15) is 19.2 Å². The predicted octanol–water partition coefficient (Wildman–Crippen LogP) is 3.00. The topological polar surface area (TPSA) is 132 Å². The number of hydrogen-bond acceptors (Lipinski definition) is 8. The van der Waals surface area contributed by atoms with Gasteiger partial charge in [-0.05, 0) is 51.3 Å². The number of alkyl carbamates (subject to hydrolysis) is 2. The lowest BCUT2D eigenvalue weighted by Crippen LogP contribution is -2.48. The number of methoxy groups -OCH3 is 1. The molecule has 1 aromatic rings. The van der Waals surface area contributed by atoms with E-state index in [1.165, 1.54) is 18.9 Å². The summed E-state index contributed by atoms with van der Waals surface area (Å²) in [5.41, 5.74) is 0.177. The summed E-state index contributed by atoms with van der Waals surface area (Å²) in [6.45, 7) is 6.03. The number of benzene rings is 1. The molecular formula is C24H37N3O7S. The van der Waals surface area contributed by atoms with Crippen LogP contribution in [0, 0.1) is 0 Å². The van der Waals surface area contributed by atoms with Crippen molar-refractivity contribution in [2.75, 3.05) is 31.7 Å². The molecule has 1 rings (SSSR count). The molecule has 1 aromatic carbocycles. The molecule has 0 unspecified atom stereocenters. The molecule has 196 valence electrons. The molecule has 0 spiro atoms. The minimum atomic E-state index is -0.824. The van der Waals surface area contributed by atoms with Crippen LogP contribution in [-0.2, 0) is 30.4 Å². The molecule has 0 saturated heterocycles. The van der Waals surface area contributed by atoms with Crippen LogP contribution in [0.5, 0.6) is 0 Å². The molecule has 0 fully saturated rings. The lowest BCUT2D eigenvalue weighted by Gasteiger charge is -2.23. The zero-order chi connectivity index (χ0) is 26.1. The van der Waals surface area contributed by atoms with Crippen molar-refractivity contribution in [3.63, 3.8) is 0 Å². The first kappa shape index (κ1) is 30.1. The van der Waals surface area contributed by atoms with Gasteiger partial charge in [-0.15, -0.1) is 0 Å². The van der Waals surface area contributed by atoms with E-state index in [-0.39, 0.29) is 30.8 Å². The molecule has 0 saturated carbocycles. The molecule has 3 N–H and O–H groups in total. The van der Waals surface area contributed by atoms with Gasteiger partial charge in [-0.3, -0.25) is 9.59 Å². The van der Waals surface area contributed by atoms with E-state index >= 15 is 0 Å². The van der Waals surface area contributed by atoms with Crippen LogP contribution in [0.4, 0.5) is 9.59 Å². The number of carbonyl (C=O) groups excluding carboxylic acids is 4. The van der Waals surface area contributed by atoms with E-state index in [1.54, 1.807) is 20.8 Å². The number of ether oxygens (including phenoxy) is 3. The van der Waals surface area contributed by atoms with Crippen LogP contribution in [0.3, 0.4) is 0 Å². The molecule has 1 atom stereocenters. The third kappa shape index (κ3) is 15.5. The number of thioether (sulfide) groups is 1. The highest BCUT2D eigenvalue weighted by Gasteiger charge is 2.24. The molecule has 0 radical (unpaired) electrons. The van der Waals surface area contributed by atoms with Gasteiger partial charge in [0.1, 0.15) is 18.2 Å². The van der Waals surface area contributed by atoms with Gasteiger partial charge in [0.2, 0.25) is 5.91 Å². The molecule has 0 bridgehead atoms. The summed E-state index contributed by atoms with van der Waals surface area (Å²) >= 11 is 1.42. The standard InChI is InChI=1S/C24H37N3O7S/c1-24(2,3)34-23(31)27-19(21(29)25-14-9-15-35-17-20(28)32-4)12-8-13-26-22(30)33-16-18-10-6-5-7-11-18/h5-7,10-11,19H,8-9,12-17H2,1-4H3,(H,25,29)(H,26,30)(H,27,31)/t19-/m0/s1. The van der Waals surface area contributed by atoms with E-state index in [0.29, 0.717) is 31.6 Å². The second-order valence-corrected chi connectivity index (χ2v) is 9.71. The third-order valence-corrected chi connectivity index (χ3v) is 5.39. The average Bonchev–Trinajstić information content (AvgIpc) is 2.80. The van der Waals surface area contributed by atoms with Gasteiger partial charge in [0.15, 0.2) is 0 Å². The predicted molar refractivity (Wildman–Crippen MR) is 134 cm³/mol. The fourth-order valence-electron chi connectivity index (χ4n) is 2.71. The Morgan fingerprint density at radius 3 is 2.31 bits per heavy atom. The highest BCUT2D eigenvalue weighted by atomic mass is 32.2. The molecule has 10 nitrogen and oxygen atoms in total. The van der Waals surface area contributed by atoms with Crippen LogP contribution in [0.25, 0.3) is 0 Å². The molecule has 0 aliphatic rings. The van der Waals surface area contributed by atoms with Crippen LogP contribution >= 0.6 is 11.8 Å². The van der Waals surface area contributed by atoms with Gasteiger partial charge < -0.3 is 30.2 Å². The number of esters is 1. The SMILES string of the molecule is COC(=O)CSCCCNC(=O)[C@H](CCCNC(=O)OCc1ccccc1)NC(=O)OC(C)(C)C. The molecule has 35 heavy (non-hydrogen) atoms. The Labute approximate surface area is 211 Å². The smallest absolute Gasteiger partial charge is 0.408 e. The van der Waals surface area contributed by atoms with E-state index in [1.807, 2.05) is 30.3 Å². The Kier molecular flexibility index (Phi) is 14.3. The number of amides is 3. The number of carbonyl (C=O) groups is 4. The highest BCUT2D eigenvalue weighted by molar-refractivity contribution is 7.99. The fourth-order valence-corrected chi connectivity index (χ4v) is 3.49. The second-order valence-electron chi connectivity index (χ2n) is 8.60. The van der Waals surface area contributed by atoms with Crippen molar-refractivity contribution in [3.8, 4) is 0 Å². The van der Waals surface area contributed by atoms with Crippen molar-refractivity contribution < 1.29 is 33.4 Å². The Hall–Kier alpha value is -2.95.